The van der Waals surface area contributed by atoms with Crippen molar-refractivity contribution in [3.05, 3.63) is 59.2 Å². The van der Waals surface area contributed by atoms with Crippen molar-refractivity contribution in [2.24, 2.45) is 0 Å². The first-order valence-corrected chi connectivity index (χ1v) is 9.86. The Bertz CT molecular complexity index is 999. The Morgan fingerprint density at radius 3 is 2.65 bits per heavy atom. The third kappa shape index (κ3) is 3.28. The molecule has 0 fully saturated rings. The molecule has 0 aliphatic heterocycles. The molecule has 3 heterocycles. The van der Waals surface area contributed by atoms with E-state index in [2.05, 4.69) is 64.4 Å². The number of aromatic nitrogens is 3. The normalized spacial score (nSPS) is 11.5. The lowest BCUT2D eigenvalue weighted by Gasteiger charge is -2.15. The van der Waals surface area contributed by atoms with Gasteiger partial charge < -0.3 is 4.98 Å². The Morgan fingerprint density at radius 1 is 1.08 bits per heavy atom. The molecule has 0 amide bonds. The zero-order valence-corrected chi connectivity index (χ0v) is 15.9. The fourth-order valence-electron chi connectivity index (χ4n) is 3.15. The first-order valence-electron chi connectivity index (χ1n) is 8.98. The highest BCUT2D eigenvalue weighted by molar-refractivity contribution is 7.09. The Kier molecular flexibility index (Phi) is 4.82. The lowest BCUT2D eigenvalue weighted by molar-refractivity contribution is 0.295. The molecule has 4 rings (SSSR count). The molecular formula is C21H22N4S. The summed E-state index contributed by atoms with van der Waals surface area (Å²) < 4.78 is 0. The lowest BCUT2D eigenvalue weighted by atomic mass is 10.1. The molecule has 3 aromatic heterocycles. The van der Waals surface area contributed by atoms with Crippen LogP contribution >= 0.6 is 11.3 Å². The summed E-state index contributed by atoms with van der Waals surface area (Å²) in [7, 11) is 0. The van der Waals surface area contributed by atoms with Crippen LogP contribution in [-0.4, -0.2) is 32.9 Å². The van der Waals surface area contributed by atoms with E-state index in [0.717, 1.165) is 52.5 Å². The Labute approximate surface area is 157 Å². The van der Waals surface area contributed by atoms with E-state index in [-0.39, 0.29) is 0 Å². The smallest absolute Gasteiger partial charge is 0.137 e. The van der Waals surface area contributed by atoms with Gasteiger partial charge >= 0.3 is 0 Å². The summed E-state index contributed by atoms with van der Waals surface area (Å²) in [5.41, 5.74) is 5.34. The Morgan fingerprint density at radius 2 is 1.88 bits per heavy atom. The van der Waals surface area contributed by atoms with Crippen molar-refractivity contribution in [2.45, 2.75) is 20.4 Å². The molecule has 0 radical (unpaired) electrons. The van der Waals surface area contributed by atoms with Gasteiger partial charge in [0.1, 0.15) is 10.7 Å². The number of rotatable bonds is 6. The zero-order chi connectivity index (χ0) is 17.9. The summed E-state index contributed by atoms with van der Waals surface area (Å²) in [5.74, 6) is 0. The van der Waals surface area contributed by atoms with Crippen molar-refractivity contribution in [3.63, 3.8) is 0 Å². The van der Waals surface area contributed by atoms with E-state index in [9.17, 15) is 0 Å². The van der Waals surface area contributed by atoms with Gasteiger partial charge in [-0.1, -0.05) is 44.2 Å². The SMILES string of the molecule is CCN(CC)Cc1nc(-c2c[nH]c3ncc(-c4ccccc4)cc23)cs1. The monoisotopic (exact) mass is 362 g/mol. The van der Waals surface area contributed by atoms with Crippen molar-refractivity contribution >= 4 is 22.4 Å². The lowest BCUT2D eigenvalue weighted by Crippen LogP contribution is -2.21. The third-order valence-electron chi connectivity index (χ3n) is 4.72. The standard InChI is InChI=1S/C21H22N4S/c1-3-25(4-2)13-20-24-19(14-26-20)18-12-23-21-17(18)10-16(11-22-21)15-8-6-5-7-9-15/h5-12,14H,3-4,13H2,1-2H3,(H,22,23). The molecule has 0 saturated heterocycles. The second kappa shape index (κ2) is 7.40. The summed E-state index contributed by atoms with van der Waals surface area (Å²) in [6.07, 6.45) is 3.94. The number of fused-ring (bicyclic) bond motifs is 1. The van der Waals surface area contributed by atoms with E-state index in [0.29, 0.717) is 0 Å². The number of H-pyrrole nitrogens is 1. The Balaban J connectivity index is 1.70. The van der Waals surface area contributed by atoms with Gasteiger partial charge in [0.15, 0.2) is 0 Å². The number of thiazole rings is 1. The fourth-order valence-corrected chi connectivity index (χ4v) is 3.98. The van der Waals surface area contributed by atoms with Crippen LogP contribution in [0, 0.1) is 0 Å². The molecule has 4 nitrogen and oxygen atoms in total. The number of benzene rings is 1. The van der Waals surface area contributed by atoms with Crippen molar-refractivity contribution in [3.8, 4) is 22.4 Å². The first kappa shape index (κ1) is 16.9. The molecule has 0 spiro atoms. The minimum Gasteiger partial charge on any atom is -0.345 e. The summed E-state index contributed by atoms with van der Waals surface area (Å²) >= 11 is 1.73. The van der Waals surface area contributed by atoms with Crippen molar-refractivity contribution < 1.29 is 0 Å². The second-order valence-electron chi connectivity index (χ2n) is 6.28. The molecule has 4 aromatic rings. The van der Waals surface area contributed by atoms with Gasteiger partial charge in [0, 0.05) is 34.3 Å². The minimum absolute atomic E-state index is 0.901. The predicted molar refractivity (Wildman–Crippen MR) is 109 cm³/mol. The average molecular weight is 363 g/mol. The first-order chi connectivity index (χ1) is 12.8. The van der Waals surface area contributed by atoms with E-state index < -0.39 is 0 Å². The number of nitrogens with one attached hydrogen (secondary N) is 1. The van der Waals surface area contributed by atoms with Gasteiger partial charge in [0.25, 0.3) is 0 Å². The number of nitrogens with zero attached hydrogens (tertiary/aromatic N) is 3. The average Bonchev–Trinajstić information content (AvgIpc) is 3.32. The largest absolute Gasteiger partial charge is 0.345 e. The number of aromatic amines is 1. The second-order valence-corrected chi connectivity index (χ2v) is 7.22. The van der Waals surface area contributed by atoms with Gasteiger partial charge in [0.05, 0.1) is 12.2 Å². The van der Waals surface area contributed by atoms with Crippen molar-refractivity contribution in [1.82, 2.24) is 19.9 Å². The zero-order valence-electron chi connectivity index (χ0n) is 15.1. The highest BCUT2D eigenvalue weighted by Crippen LogP contribution is 2.31. The van der Waals surface area contributed by atoms with Crippen LogP contribution in [0.25, 0.3) is 33.4 Å². The summed E-state index contributed by atoms with van der Waals surface area (Å²) in [6, 6.07) is 12.6. The molecule has 5 heteroatoms. The van der Waals surface area contributed by atoms with Crippen LogP contribution in [0.3, 0.4) is 0 Å². The van der Waals surface area contributed by atoms with Crippen LogP contribution in [-0.2, 0) is 6.54 Å². The van der Waals surface area contributed by atoms with Gasteiger partial charge in [-0.2, -0.15) is 0 Å². The van der Waals surface area contributed by atoms with E-state index in [1.54, 1.807) is 11.3 Å². The number of hydrogen-bond acceptors (Lipinski definition) is 4. The molecule has 0 saturated carbocycles. The van der Waals surface area contributed by atoms with Crippen LogP contribution in [0.15, 0.2) is 54.2 Å². The van der Waals surface area contributed by atoms with Gasteiger partial charge in [-0.05, 0) is 24.7 Å². The van der Waals surface area contributed by atoms with E-state index >= 15 is 0 Å². The topological polar surface area (TPSA) is 44.8 Å². The van der Waals surface area contributed by atoms with E-state index in [1.165, 1.54) is 5.56 Å². The van der Waals surface area contributed by atoms with Crippen LogP contribution in [0.5, 0.6) is 0 Å². The van der Waals surface area contributed by atoms with Crippen molar-refractivity contribution in [1.29, 1.82) is 0 Å². The summed E-state index contributed by atoms with van der Waals surface area (Å²) in [5, 5.41) is 4.42. The maximum Gasteiger partial charge on any atom is 0.137 e. The summed E-state index contributed by atoms with van der Waals surface area (Å²) in [4.78, 5) is 15.1. The Hall–Kier alpha value is -2.50. The fraction of sp³-hybridized carbons (Fsp3) is 0.238. The van der Waals surface area contributed by atoms with E-state index in [1.807, 2.05) is 18.5 Å². The van der Waals surface area contributed by atoms with Crippen LogP contribution in [0.4, 0.5) is 0 Å². The molecule has 132 valence electrons. The van der Waals surface area contributed by atoms with E-state index in [4.69, 9.17) is 4.98 Å². The molecule has 0 unspecified atom stereocenters. The minimum atomic E-state index is 0.901. The maximum atomic E-state index is 4.87. The molecule has 0 atom stereocenters. The third-order valence-corrected chi connectivity index (χ3v) is 5.55. The molecule has 1 N–H and O–H groups in total. The van der Waals surface area contributed by atoms with Crippen LogP contribution in [0.2, 0.25) is 0 Å². The number of pyridine rings is 1. The van der Waals surface area contributed by atoms with Crippen LogP contribution in [0.1, 0.15) is 18.9 Å². The molecule has 26 heavy (non-hydrogen) atoms. The molecular weight excluding hydrogens is 340 g/mol. The van der Waals surface area contributed by atoms with Gasteiger partial charge in [-0.3, -0.25) is 4.90 Å². The van der Waals surface area contributed by atoms with Gasteiger partial charge in [-0.15, -0.1) is 11.3 Å². The quantitative estimate of drug-likeness (QED) is 0.513. The predicted octanol–water partition coefficient (Wildman–Crippen LogP) is 5.20. The van der Waals surface area contributed by atoms with Crippen molar-refractivity contribution in [2.75, 3.05) is 13.1 Å². The van der Waals surface area contributed by atoms with Gasteiger partial charge in [0.2, 0.25) is 0 Å². The molecule has 0 aliphatic carbocycles. The molecule has 0 aliphatic rings. The molecule has 1 aromatic carbocycles. The highest BCUT2D eigenvalue weighted by atomic mass is 32.1. The number of hydrogen-bond donors (Lipinski definition) is 1. The highest BCUT2D eigenvalue weighted by Gasteiger charge is 2.13. The van der Waals surface area contributed by atoms with Gasteiger partial charge in [-0.25, -0.2) is 9.97 Å². The van der Waals surface area contributed by atoms with Crippen LogP contribution < -0.4 is 0 Å². The maximum absolute atomic E-state index is 4.87. The summed E-state index contributed by atoms with van der Waals surface area (Å²) in [6.45, 7) is 7.38. The molecule has 0 bridgehead atoms.